The molecule has 1 saturated heterocycles. The summed E-state index contributed by atoms with van der Waals surface area (Å²) in [5, 5.41) is 6.69. The van der Waals surface area contributed by atoms with Crippen LogP contribution in [0, 0.1) is 0 Å². The Balaban J connectivity index is 1.63. The summed E-state index contributed by atoms with van der Waals surface area (Å²) < 4.78 is 26.9. The number of rotatable bonds is 5. The van der Waals surface area contributed by atoms with Crippen molar-refractivity contribution in [1.82, 2.24) is 4.31 Å². The number of thioether (sulfide) groups is 1. The van der Waals surface area contributed by atoms with Gasteiger partial charge in [-0.2, -0.15) is 4.31 Å². The molecule has 0 radical (unpaired) electrons. The number of thiocarbonyl (C=S) groups is 1. The van der Waals surface area contributed by atoms with E-state index in [9.17, 15) is 8.42 Å². The van der Waals surface area contributed by atoms with Crippen LogP contribution in [-0.4, -0.2) is 37.2 Å². The third-order valence-electron chi connectivity index (χ3n) is 4.39. The number of benzene rings is 2. The molecule has 144 valence electrons. The topological polar surface area (TPSA) is 61.4 Å². The van der Waals surface area contributed by atoms with Gasteiger partial charge in [-0.15, -0.1) is 11.8 Å². The van der Waals surface area contributed by atoms with E-state index in [0.717, 1.165) is 35.5 Å². The van der Waals surface area contributed by atoms with Crippen LogP contribution in [0.2, 0.25) is 0 Å². The predicted octanol–water partition coefficient (Wildman–Crippen LogP) is 4.39. The summed E-state index contributed by atoms with van der Waals surface area (Å²) in [7, 11) is -3.41. The van der Waals surface area contributed by atoms with Gasteiger partial charge < -0.3 is 10.6 Å². The van der Waals surface area contributed by atoms with E-state index in [1.165, 1.54) is 0 Å². The zero-order valence-electron chi connectivity index (χ0n) is 15.1. The van der Waals surface area contributed by atoms with Crippen LogP contribution in [0.4, 0.5) is 11.4 Å². The number of nitrogens with zero attached hydrogens (tertiary/aromatic N) is 1. The highest BCUT2D eigenvalue weighted by Gasteiger charge is 2.25. The van der Waals surface area contributed by atoms with E-state index in [1.807, 2.05) is 30.5 Å². The molecule has 1 aliphatic rings. The maximum atomic E-state index is 12.7. The quantitative estimate of drug-likeness (QED) is 0.551. The van der Waals surface area contributed by atoms with Crippen molar-refractivity contribution in [3.05, 3.63) is 48.5 Å². The van der Waals surface area contributed by atoms with E-state index < -0.39 is 10.0 Å². The number of anilines is 2. The first kappa shape index (κ1) is 20.1. The first-order valence-electron chi connectivity index (χ1n) is 8.81. The van der Waals surface area contributed by atoms with Gasteiger partial charge in [-0.25, -0.2) is 8.42 Å². The Morgan fingerprint density at radius 3 is 2.33 bits per heavy atom. The molecule has 0 amide bonds. The van der Waals surface area contributed by atoms with E-state index in [0.29, 0.717) is 23.1 Å². The van der Waals surface area contributed by atoms with Gasteiger partial charge in [0.15, 0.2) is 5.11 Å². The van der Waals surface area contributed by atoms with E-state index in [2.05, 4.69) is 10.6 Å². The van der Waals surface area contributed by atoms with Gasteiger partial charge in [0.25, 0.3) is 0 Å². The molecule has 2 aromatic carbocycles. The summed E-state index contributed by atoms with van der Waals surface area (Å²) in [4.78, 5) is 1.47. The van der Waals surface area contributed by atoms with Crippen molar-refractivity contribution in [2.45, 2.75) is 29.1 Å². The number of nitrogens with one attached hydrogen (secondary N) is 2. The van der Waals surface area contributed by atoms with Gasteiger partial charge in [-0.3, -0.25) is 0 Å². The number of hydrogen-bond acceptors (Lipinski definition) is 4. The van der Waals surface area contributed by atoms with Crippen LogP contribution in [-0.2, 0) is 10.0 Å². The van der Waals surface area contributed by atoms with Gasteiger partial charge in [-0.05, 0) is 73.8 Å². The fraction of sp³-hybridized carbons (Fsp3) is 0.316. The SMILES string of the molecule is CSc1cccc(NC(=S)Nc2ccc(S(=O)(=O)N3CCCCC3)cc2)c1. The number of hydrogen-bond donors (Lipinski definition) is 2. The predicted molar refractivity (Wildman–Crippen MR) is 117 cm³/mol. The standard InChI is InChI=1S/C19H23N3O2S3/c1-26-17-7-5-6-16(14-17)21-19(25)20-15-8-10-18(11-9-15)27(23,24)22-12-3-2-4-13-22/h5-11,14H,2-4,12-13H2,1H3,(H2,20,21,25). The van der Waals surface area contributed by atoms with E-state index in [-0.39, 0.29) is 0 Å². The minimum Gasteiger partial charge on any atom is -0.332 e. The lowest BCUT2D eigenvalue weighted by Crippen LogP contribution is -2.35. The minimum atomic E-state index is -3.41. The lowest BCUT2D eigenvalue weighted by atomic mass is 10.2. The third-order valence-corrected chi connectivity index (χ3v) is 7.23. The molecule has 1 fully saturated rings. The van der Waals surface area contributed by atoms with Crippen molar-refractivity contribution in [2.24, 2.45) is 0 Å². The molecule has 8 heteroatoms. The molecule has 0 unspecified atom stereocenters. The summed E-state index contributed by atoms with van der Waals surface area (Å²) in [5.74, 6) is 0. The summed E-state index contributed by atoms with van der Waals surface area (Å²) >= 11 is 7.02. The van der Waals surface area contributed by atoms with Crippen molar-refractivity contribution in [1.29, 1.82) is 0 Å². The smallest absolute Gasteiger partial charge is 0.243 e. The van der Waals surface area contributed by atoms with Gasteiger partial charge in [0.1, 0.15) is 0 Å². The van der Waals surface area contributed by atoms with Crippen LogP contribution in [0.5, 0.6) is 0 Å². The number of sulfonamides is 1. The lowest BCUT2D eigenvalue weighted by molar-refractivity contribution is 0.346. The minimum absolute atomic E-state index is 0.321. The molecule has 5 nitrogen and oxygen atoms in total. The monoisotopic (exact) mass is 421 g/mol. The Morgan fingerprint density at radius 2 is 1.67 bits per heavy atom. The molecule has 0 aliphatic carbocycles. The van der Waals surface area contributed by atoms with Crippen LogP contribution in [0.1, 0.15) is 19.3 Å². The van der Waals surface area contributed by atoms with Crippen LogP contribution < -0.4 is 10.6 Å². The van der Waals surface area contributed by atoms with Gasteiger partial charge in [0.05, 0.1) is 4.90 Å². The summed E-state index contributed by atoms with van der Waals surface area (Å²) in [6.07, 6.45) is 4.97. The molecule has 0 bridgehead atoms. The maximum absolute atomic E-state index is 12.7. The second-order valence-corrected chi connectivity index (χ2v) is 9.53. The normalized spacial score (nSPS) is 15.3. The Hall–Kier alpha value is -1.61. The first-order chi connectivity index (χ1) is 13.0. The Bertz CT molecular complexity index is 893. The summed E-state index contributed by atoms with van der Waals surface area (Å²) in [6.45, 7) is 1.21. The Labute approximate surface area is 170 Å². The highest BCUT2D eigenvalue weighted by Crippen LogP contribution is 2.22. The highest BCUT2D eigenvalue weighted by atomic mass is 32.2. The van der Waals surface area contributed by atoms with Crippen molar-refractivity contribution >= 4 is 50.5 Å². The van der Waals surface area contributed by atoms with E-state index >= 15 is 0 Å². The first-order valence-corrected chi connectivity index (χ1v) is 11.9. The molecule has 2 N–H and O–H groups in total. The third kappa shape index (κ3) is 5.22. The second kappa shape index (κ2) is 9.05. The summed E-state index contributed by atoms with van der Waals surface area (Å²) in [5.41, 5.74) is 1.65. The van der Waals surface area contributed by atoms with Crippen molar-refractivity contribution in [2.75, 3.05) is 30.0 Å². The molecular weight excluding hydrogens is 398 g/mol. The Morgan fingerprint density at radius 1 is 1.00 bits per heavy atom. The average molecular weight is 422 g/mol. The van der Waals surface area contributed by atoms with Crippen LogP contribution in [0.15, 0.2) is 58.3 Å². The fourth-order valence-corrected chi connectivity index (χ4v) is 5.17. The zero-order chi connectivity index (χ0) is 19.3. The van der Waals surface area contributed by atoms with Crippen LogP contribution in [0.3, 0.4) is 0 Å². The van der Waals surface area contributed by atoms with Gasteiger partial charge in [-0.1, -0.05) is 12.5 Å². The van der Waals surface area contributed by atoms with E-state index in [4.69, 9.17) is 12.2 Å². The lowest BCUT2D eigenvalue weighted by Gasteiger charge is -2.25. The van der Waals surface area contributed by atoms with Gasteiger partial charge >= 0.3 is 0 Å². The molecule has 1 aliphatic heterocycles. The van der Waals surface area contributed by atoms with Crippen molar-refractivity contribution in [3.8, 4) is 0 Å². The molecular formula is C19H23N3O2S3. The molecule has 0 saturated carbocycles. The molecule has 0 spiro atoms. The second-order valence-electron chi connectivity index (χ2n) is 6.30. The molecule has 1 heterocycles. The molecule has 0 aromatic heterocycles. The van der Waals surface area contributed by atoms with Gasteiger partial charge in [0.2, 0.25) is 10.0 Å². The summed E-state index contributed by atoms with van der Waals surface area (Å²) in [6, 6.07) is 14.7. The van der Waals surface area contributed by atoms with Crippen molar-refractivity contribution in [3.63, 3.8) is 0 Å². The molecule has 0 atom stereocenters. The van der Waals surface area contributed by atoms with Crippen molar-refractivity contribution < 1.29 is 8.42 Å². The average Bonchev–Trinajstić information content (AvgIpc) is 2.69. The molecule has 27 heavy (non-hydrogen) atoms. The maximum Gasteiger partial charge on any atom is 0.243 e. The number of piperidine rings is 1. The zero-order valence-corrected chi connectivity index (χ0v) is 17.6. The van der Waals surface area contributed by atoms with Gasteiger partial charge in [0, 0.05) is 29.4 Å². The Kier molecular flexibility index (Phi) is 6.75. The highest BCUT2D eigenvalue weighted by molar-refractivity contribution is 7.98. The largest absolute Gasteiger partial charge is 0.332 e. The van der Waals surface area contributed by atoms with Crippen LogP contribution >= 0.6 is 24.0 Å². The molecule has 3 rings (SSSR count). The fourth-order valence-electron chi connectivity index (χ4n) is 2.96. The van der Waals surface area contributed by atoms with E-state index in [1.54, 1.807) is 40.3 Å². The van der Waals surface area contributed by atoms with Crippen LogP contribution in [0.25, 0.3) is 0 Å². The molecule has 2 aromatic rings.